The molecule has 0 aromatic heterocycles. The molecule has 0 saturated carbocycles. The third-order valence-electron chi connectivity index (χ3n) is 3.80. The first-order chi connectivity index (χ1) is 13.8. The lowest BCUT2D eigenvalue weighted by Gasteiger charge is -2.23. The average molecular weight is 433 g/mol. The first-order valence-electron chi connectivity index (χ1n) is 8.89. The van der Waals surface area contributed by atoms with E-state index in [9.17, 15) is 33.9 Å². The van der Waals surface area contributed by atoms with Crippen LogP contribution in [0.4, 0.5) is 0 Å². The minimum absolute atomic E-state index is 0.0333. The fourth-order valence-electron chi connectivity index (χ4n) is 2.14. The van der Waals surface area contributed by atoms with Crippen LogP contribution in [0.2, 0.25) is 0 Å². The van der Waals surface area contributed by atoms with Gasteiger partial charge in [-0.15, -0.1) is 0 Å². The van der Waals surface area contributed by atoms with Gasteiger partial charge in [-0.3, -0.25) is 24.0 Å². The molecular formula is C16H27N5O9. The first-order valence-corrected chi connectivity index (χ1v) is 8.89. The van der Waals surface area contributed by atoms with Crippen molar-refractivity contribution in [2.75, 3.05) is 6.54 Å². The second kappa shape index (κ2) is 13.1. The van der Waals surface area contributed by atoms with Gasteiger partial charge in [0.15, 0.2) is 0 Å². The SMILES string of the molecule is CC(O)C(NC(=O)CNC(=O)C(N)CCC(N)=O)C(=O)NC(CCC(=O)O)C(=O)O. The number of hydrogen-bond acceptors (Lipinski definition) is 8. The molecule has 0 aliphatic carbocycles. The third-order valence-corrected chi connectivity index (χ3v) is 3.80. The predicted molar refractivity (Wildman–Crippen MR) is 99.5 cm³/mol. The van der Waals surface area contributed by atoms with Crippen LogP contribution in [0.1, 0.15) is 32.6 Å². The van der Waals surface area contributed by atoms with E-state index < -0.39 is 79.2 Å². The zero-order valence-electron chi connectivity index (χ0n) is 16.3. The first kappa shape index (κ1) is 26.7. The van der Waals surface area contributed by atoms with Crippen LogP contribution in [-0.2, 0) is 28.8 Å². The summed E-state index contributed by atoms with van der Waals surface area (Å²) in [5.74, 6) is -6.09. The standard InChI is InChI=1S/C16H27N5O9/c1-7(22)13(15(28)20-9(16(29)30)3-5-12(25)26)21-11(24)6-19-14(27)8(17)2-4-10(18)23/h7-9,13,22H,2-6,17H2,1H3,(H2,18,23)(H,19,27)(H,20,28)(H,21,24)(H,25,26)(H,29,30). The number of nitrogens with one attached hydrogen (secondary N) is 3. The Kier molecular flexibility index (Phi) is 11.6. The van der Waals surface area contributed by atoms with Crippen molar-refractivity contribution in [3.05, 3.63) is 0 Å². The van der Waals surface area contributed by atoms with Crippen LogP contribution in [0.15, 0.2) is 0 Å². The number of carboxylic acids is 2. The van der Waals surface area contributed by atoms with E-state index >= 15 is 0 Å². The number of amides is 4. The normalized spacial score (nSPS) is 14.5. The van der Waals surface area contributed by atoms with Gasteiger partial charge in [-0.25, -0.2) is 4.79 Å². The van der Waals surface area contributed by atoms with Gasteiger partial charge in [-0.05, 0) is 19.8 Å². The Balaban J connectivity index is 4.78. The molecule has 0 fully saturated rings. The number of aliphatic hydroxyl groups excluding tert-OH is 1. The molecule has 4 amide bonds. The molecule has 0 aliphatic rings. The monoisotopic (exact) mass is 433 g/mol. The second-order valence-corrected chi connectivity index (χ2v) is 6.45. The summed E-state index contributed by atoms with van der Waals surface area (Å²) >= 11 is 0. The van der Waals surface area contributed by atoms with Crippen molar-refractivity contribution in [2.45, 2.75) is 56.8 Å². The zero-order chi connectivity index (χ0) is 23.4. The van der Waals surface area contributed by atoms with Crippen molar-refractivity contribution < 1.29 is 44.1 Å². The summed E-state index contributed by atoms with van der Waals surface area (Å²) in [5.41, 5.74) is 10.5. The molecule has 0 saturated heterocycles. The van der Waals surface area contributed by atoms with Crippen molar-refractivity contribution in [3.8, 4) is 0 Å². The van der Waals surface area contributed by atoms with Crippen LogP contribution in [0.25, 0.3) is 0 Å². The minimum atomic E-state index is -1.57. The van der Waals surface area contributed by atoms with Crippen LogP contribution in [0.5, 0.6) is 0 Å². The highest BCUT2D eigenvalue weighted by Gasteiger charge is 2.30. The molecule has 0 rings (SSSR count). The minimum Gasteiger partial charge on any atom is -0.481 e. The summed E-state index contributed by atoms with van der Waals surface area (Å²) in [4.78, 5) is 68.4. The molecule has 0 radical (unpaired) electrons. The Bertz CT molecular complexity index is 667. The van der Waals surface area contributed by atoms with Gasteiger partial charge in [0.2, 0.25) is 23.6 Å². The van der Waals surface area contributed by atoms with Gasteiger partial charge >= 0.3 is 11.9 Å². The molecule has 30 heavy (non-hydrogen) atoms. The summed E-state index contributed by atoms with van der Waals surface area (Å²) in [6, 6.07) is -4.20. The highest BCUT2D eigenvalue weighted by Crippen LogP contribution is 2.01. The van der Waals surface area contributed by atoms with Gasteiger partial charge in [-0.2, -0.15) is 0 Å². The smallest absolute Gasteiger partial charge is 0.326 e. The zero-order valence-corrected chi connectivity index (χ0v) is 16.3. The van der Waals surface area contributed by atoms with Gasteiger partial charge in [0, 0.05) is 12.8 Å². The predicted octanol–water partition coefficient (Wildman–Crippen LogP) is -4.00. The second-order valence-electron chi connectivity index (χ2n) is 6.45. The fourth-order valence-corrected chi connectivity index (χ4v) is 2.14. The maximum Gasteiger partial charge on any atom is 0.326 e. The maximum atomic E-state index is 12.2. The molecule has 0 heterocycles. The van der Waals surface area contributed by atoms with E-state index in [1.807, 2.05) is 5.32 Å². The van der Waals surface area contributed by atoms with E-state index in [-0.39, 0.29) is 12.8 Å². The molecular weight excluding hydrogens is 406 g/mol. The average Bonchev–Trinajstić information content (AvgIpc) is 2.64. The molecule has 170 valence electrons. The molecule has 0 aromatic carbocycles. The Labute approximate surface area is 171 Å². The van der Waals surface area contributed by atoms with Gasteiger partial charge in [-0.1, -0.05) is 0 Å². The van der Waals surface area contributed by atoms with Crippen LogP contribution < -0.4 is 27.4 Å². The molecule has 0 aromatic rings. The largest absolute Gasteiger partial charge is 0.481 e. The fraction of sp³-hybridized carbons (Fsp3) is 0.625. The van der Waals surface area contributed by atoms with Crippen molar-refractivity contribution in [2.24, 2.45) is 11.5 Å². The van der Waals surface area contributed by atoms with Gasteiger partial charge in [0.05, 0.1) is 18.7 Å². The van der Waals surface area contributed by atoms with Gasteiger partial charge in [0.25, 0.3) is 0 Å². The number of hydrogen-bond donors (Lipinski definition) is 8. The van der Waals surface area contributed by atoms with Crippen molar-refractivity contribution in [3.63, 3.8) is 0 Å². The van der Waals surface area contributed by atoms with E-state index in [0.29, 0.717) is 0 Å². The number of nitrogens with two attached hydrogens (primary N) is 2. The van der Waals surface area contributed by atoms with E-state index in [4.69, 9.17) is 21.7 Å². The highest BCUT2D eigenvalue weighted by atomic mass is 16.4. The lowest BCUT2D eigenvalue weighted by molar-refractivity contribution is -0.144. The lowest BCUT2D eigenvalue weighted by atomic mass is 10.1. The van der Waals surface area contributed by atoms with Crippen molar-refractivity contribution in [1.29, 1.82) is 0 Å². The molecule has 14 heteroatoms. The Morgan fingerprint density at radius 3 is 2.00 bits per heavy atom. The van der Waals surface area contributed by atoms with E-state index in [2.05, 4.69) is 10.6 Å². The number of rotatable bonds is 14. The molecule has 4 unspecified atom stereocenters. The molecule has 14 nitrogen and oxygen atoms in total. The lowest BCUT2D eigenvalue weighted by Crippen LogP contribution is -2.57. The summed E-state index contributed by atoms with van der Waals surface area (Å²) in [6.07, 6.45) is -2.52. The maximum absolute atomic E-state index is 12.2. The molecule has 10 N–H and O–H groups in total. The summed E-state index contributed by atoms with van der Waals surface area (Å²) in [7, 11) is 0. The van der Waals surface area contributed by atoms with Crippen LogP contribution in [-0.4, -0.2) is 81.7 Å². The van der Waals surface area contributed by atoms with Crippen LogP contribution in [0.3, 0.4) is 0 Å². The van der Waals surface area contributed by atoms with Crippen molar-refractivity contribution >= 4 is 35.6 Å². The summed E-state index contributed by atoms with van der Waals surface area (Å²) in [5, 5.41) is 33.8. The van der Waals surface area contributed by atoms with E-state index in [0.717, 1.165) is 6.92 Å². The number of aliphatic carboxylic acids is 2. The molecule has 0 bridgehead atoms. The number of carbonyl (C=O) groups is 6. The molecule has 0 aliphatic heterocycles. The van der Waals surface area contributed by atoms with E-state index in [1.165, 1.54) is 0 Å². The highest BCUT2D eigenvalue weighted by molar-refractivity contribution is 5.93. The Morgan fingerprint density at radius 1 is 0.933 bits per heavy atom. The van der Waals surface area contributed by atoms with Gasteiger partial charge < -0.3 is 42.7 Å². The number of primary amides is 1. The van der Waals surface area contributed by atoms with Gasteiger partial charge in [0.1, 0.15) is 12.1 Å². The van der Waals surface area contributed by atoms with Crippen LogP contribution in [0, 0.1) is 0 Å². The molecule has 0 spiro atoms. The molecule has 4 atom stereocenters. The topological polar surface area (TPSA) is 251 Å². The Hall–Kier alpha value is -3.26. The number of aliphatic hydroxyl groups is 1. The summed E-state index contributed by atoms with van der Waals surface area (Å²) < 4.78 is 0. The van der Waals surface area contributed by atoms with Crippen molar-refractivity contribution in [1.82, 2.24) is 16.0 Å². The quantitative estimate of drug-likeness (QED) is 0.132. The van der Waals surface area contributed by atoms with E-state index in [1.54, 1.807) is 0 Å². The summed E-state index contributed by atoms with van der Waals surface area (Å²) in [6.45, 7) is 0.552. The number of carbonyl (C=O) groups excluding carboxylic acids is 4. The van der Waals surface area contributed by atoms with Crippen LogP contribution >= 0.6 is 0 Å². The number of carboxylic acid groups (broad SMARTS) is 2. The Morgan fingerprint density at radius 2 is 1.53 bits per heavy atom. The third kappa shape index (κ3) is 10.9.